The van der Waals surface area contributed by atoms with E-state index in [4.69, 9.17) is 14.4 Å². The van der Waals surface area contributed by atoms with Crippen molar-refractivity contribution >= 4 is 32.6 Å². The molecule has 0 aliphatic rings. The maximum atomic E-state index is 6.04. The fourth-order valence-corrected chi connectivity index (χ4v) is 7.21. The van der Waals surface area contributed by atoms with E-state index in [-0.39, 0.29) is 0 Å². The van der Waals surface area contributed by atoms with Crippen LogP contribution in [0.3, 0.4) is 0 Å². The smallest absolute Gasteiger partial charge is 0.227 e. The minimum atomic E-state index is 0.589. The zero-order valence-corrected chi connectivity index (χ0v) is 28.6. The molecule has 53 heavy (non-hydrogen) atoms. The summed E-state index contributed by atoms with van der Waals surface area (Å²) in [6.45, 7) is 0. The molecular formula is C49H31N3O. The Hall–Kier alpha value is -7.17. The Morgan fingerprint density at radius 2 is 0.868 bits per heavy atom. The molecule has 0 atom stereocenters. The molecule has 0 radical (unpaired) electrons. The van der Waals surface area contributed by atoms with Crippen LogP contribution in [0.4, 0.5) is 0 Å². The maximum absolute atomic E-state index is 6.04. The summed E-state index contributed by atoms with van der Waals surface area (Å²) in [6, 6.07) is 65.4. The van der Waals surface area contributed by atoms with Gasteiger partial charge in [0.25, 0.3) is 0 Å². The molecule has 0 bridgehead atoms. The van der Waals surface area contributed by atoms with Gasteiger partial charge >= 0.3 is 0 Å². The molecule has 2 heterocycles. The molecule has 0 aliphatic heterocycles. The highest BCUT2D eigenvalue weighted by Gasteiger charge is 2.14. The number of para-hydroxylation sites is 2. The van der Waals surface area contributed by atoms with Gasteiger partial charge in [-0.1, -0.05) is 152 Å². The van der Waals surface area contributed by atoms with Crippen molar-refractivity contribution in [2.24, 2.45) is 0 Å². The lowest BCUT2D eigenvalue weighted by atomic mass is 9.93. The van der Waals surface area contributed by atoms with Gasteiger partial charge in [0.15, 0.2) is 11.4 Å². The molecule has 0 fully saturated rings. The monoisotopic (exact) mass is 677 g/mol. The van der Waals surface area contributed by atoms with Gasteiger partial charge in [0.05, 0.1) is 11.4 Å². The van der Waals surface area contributed by atoms with Gasteiger partial charge in [-0.3, -0.25) is 0 Å². The third kappa shape index (κ3) is 5.73. The summed E-state index contributed by atoms with van der Waals surface area (Å²) in [5.41, 5.74) is 11.9. The number of aromatic nitrogens is 3. The second-order valence-electron chi connectivity index (χ2n) is 13.2. The molecule has 248 valence electrons. The van der Waals surface area contributed by atoms with Crippen molar-refractivity contribution in [3.63, 3.8) is 0 Å². The van der Waals surface area contributed by atoms with Gasteiger partial charge in [-0.2, -0.15) is 0 Å². The van der Waals surface area contributed by atoms with E-state index in [1.807, 2.05) is 54.6 Å². The fraction of sp³-hybridized carbons (Fsp3) is 0. The summed E-state index contributed by atoms with van der Waals surface area (Å²) in [6.07, 6.45) is 0. The molecule has 0 aliphatic carbocycles. The van der Waals surface area contributed by atoms with Gasteiger partial charge < -0.3 is 4.42 Å². The quantitative estimate of drug-likeness (QED) is 0.164. The molecule has 0 saturated carbocycles. The summed E-state index contributed by atoms with van der Waals surface area (Å²) < 4.78 is 6.04. The van der Waals surface area contributed by atoms with Crippen LogP contribution in [0, 0.1) is 0 Å². The van der Waals surface area contributed by atoms with Gasteiger partial charge in [0, 0.05) is 22.3 Å². The summed E-state index contributed by atoms with van der Waals surface area (Å²) in [5.74, 6) is 1.24. The summed E-state index contributed by atoms with van der Waals surface area (Å²) in [7, 11) is 0. The average molecular weight is 678 g/mol. The first-order valence-corrected chi connectivity index (χ1v) is 17.8. The van der Waals surface area contributed by atoms with Crippen LogP contribution in [0.25, 0.3) is 100 Å². The van der Waals surface area contributed by atoms with E-state index in [1.165, 1.54) is 32.7 Å². The topological polar surface area (TPSA) is 51.8 Å². The minimum absolute atomic E-state index is 0.589. The number of rotatable bonds is 6. The predicted molar refractivity (Wildman–Crippen MR) is 217 cm³/mol. The van der Waals surface area contributed by atoms with Gasteiger partial charge in [-0.25, -0.2) is 15.0 Å². The van der Waals surface area contributed by atoms with Crippen molar-refractivity contribution in [3.8, 4) is 67.6 Å². The zero-order chi connectivity index (χ0) is 35.1. The first kappa shape index (κ1) is 30.6. The number of benzene rings is 8. The number of nitrogens with zero attached hydrogens (tertiary/aromatic N) is 3. The summed E-state index contributed by atoms with van der Waals surface area (Å²) in [4.78, 5) is 14.9. The van der Waals surface area contributed by atoms with Crippen LogP contribution < -0.4 is 0 Å². The second kappa shape index (κ2) is 12.9. The summed E-state index contributed by atoms with van der Waals surface area (Å²) in [5, 5.41) is 5.00. The van der Waals surface area contributed by atoms with Crippen LogP contribution in [-0.2, 0) is 0 Å². The standard InChI is InChI=1S/C49H31N3O/c1-2-10-32(11-3-1)33-18-22-35(23-19-33)45-31-46(51-48(50-45)37-26-28-38(29-27-37)49-52-44-16-8-9-17-47(44)53-49)36-24-20-34(21-25-36)43-30-39-12-4-5-13-40(39)41-14-6-7-15-42(41)43/h1-31H. The first-order valence-electron chi connectivity index (χ1n) is 17.8. The third-order valence-corrected chi connectivity index (χ3v) is 9.96. The van der Waals surface area contributed by atoms with E-state index < -0.39 is 0 Å². The molecule has 0 saturated heterocycles. The lowest BCUT2D eigenvalue weighted by Gasteiger charge is -2.13. The van der Waals surface area contributed by atoms with Crippen molar-refractivity contribution in [1.29, 1.82) is 0 Å². The Labute approximate surface area is 306 Å². The van der Waals surface area contributed by atoms with Crippen molar-refractivity contribution in [2.75, 3.05) is 0 Å². The lowest BCUT2D eigenvalue weighted by molar-refractivity contribution is 0.620. The molecule has 0 amide bonds. The molecule has 10 aromatic rings. The fourth-order valence-electron chi connectivity index (χ4n) is 7.21. The Morgan fingerprint density at radius 3 is 1.58 bits per heavy atom. The largest absolute Gasteiger partial charge is 0.436 e. The van der Waals surface area contributed by atoms with E-state index in [2.05, 4.69) is 138 Å². The lowest BCUT2D eigenvalue weighted by Crippen LogP contribution is -1.96. The number of hydrogen-bond acceptors (Lipinski definition) is 4. The molecular weight excluding hydrogens is 647 g/mol. The molecule has 8 aromatic carbocycles. The molecule has 0 unspecified atom stereocenters. The van der Waals surface area contributed by atoms with Gasteiger partial charge in [0.1, 0.15) is 5.52 Å². The third-order valence-electron chi connectivity index (χ3n) is 9.96. The average Bonchev–Trinajstić information content (AvgIpc) is 3.68. The predicted octanol–water partition coefficient (Wildman–Crippen LogP) is 12.9. The minimum Gasteiger partial charge on any atom is -0.436 e. The van der Waals surface area contributed by atoms with Crippen molar-refractivity contribution in [2.45, 2.75) is 0 Å². The SMILES string of the molecule is c1ccc(-c2ccc(-c3cc(-c4ccc(-c5cc6ccccc6c6ccccc56)cc4)nc(-c4ccc(-c5nc6ccccc6o5)cc4)n3)cc2)cc1. The summed E-state index contributed by atoms with van der Waals surface area (Å²) >= 11 is 0. The van der Waals surface area contributed by atoms with Gasteiger partial charge in [-0.15, -0.1) is 0 Å². The van der Waals surface area contributed by atoms with Crippen LogP contribution in [0.1, 0.15) is 0 Å². The first-order chi connectivity index (χ1) is 26.2. The zero-order valence-electron chi connectivity index (χ0n) is 28.6. The van der Waals surface area contributed by atoms with E-state index in [0.29, 0.717) is 11.7 Å². The van der Waals surface area contributed by atoms with E-state index in [0.717, 1.165) is 55.9 Å². The molecule has 2 aromatic heterocycles. The van der Waals surface area contributed by atoms with Crippen molar-refractivity contribution < 1.29 is 4.42 Å². The normalized spacial score (nSPS) is 11.4. The number of oxazole rings is 1. The molecule has 4 heteroatoms. The number of fused-ring (bicyclic) bond motifs is 4. The van der Waals surface area contributed by atoms with Gasteiger partial charge in [0.2, 0.25) is 5.89 Å². The number of hydrogen-bond donors (Lipinski definition) is 0. The van der Waals surface area contributed by atoms with E-state index in [9.17, 15) is 0 Å². The van der Waals surface area contributed by atoms with Crippen molar-refractivity contribution in [1.82, 2.24) is 15.0 Å². The van der Waals surface area contributed by atoms with Crippen LogP contribution in [0.2, 0.25) is 0 Å². The molecule has 4 nitrogen and oxygen atoms in total. The van der Waals surface area contributed by atoms with Crippen LogP contribution >= 0.6 is 0 Å². The Morgan fingerprint density at radius 1 is 0.340 bits per heavy atom. The van der Waals surface area contributed by atoms with Crippen LogP contribution in [-0.4, -0.2) is 15.0 Å². The molecule has 0 N–H and O–H groups in total. The highest BCUT2D eigenvalue weighted by Crippen LogP contribution is 2.37. The van der Waals surface area contributed by atoms with Crippen LogP contribution in [0.15, 0.2) is 192 Å². The maximum Gasteiger partial charge on any atom is 0.227 e. The molecule has 10 rings (SSSR count). The van der Waals surface area contributed by atoms with Crippen molar-refractivity contribution in [3.05, 3.63) is 188 Å². The Balaban J connectivity index is 1.05. The van der Waals surface area contributed by atoms with E-state index in [1.54, 1.807) is 0 Å². The van der Waals surface area contributed by atoms with Crippen LogP contribution in [0.5, 0.6) is 0 Å². The molecule has 0 spiro atoms. The highest BCUT2D eigenvalue weighted by molar-refractivity contribution is 6.13. The Kier molecular flexibility index (Phi) is 7.43. The highest BCUT2D eigenvalue weighted by atomic mass is 16.3. The van der Waals surface area contributed by atoms with Gasteiger partial charge in [-0.05, 0) is 80.2 Å². The second-order valence-corrected chi connectivity index (χ2v) is 13.2. The Bertz CT molecular complexity index is 2880. The van der Waals surface area contributed by atoms with E-state index >= 15 is 0 Å².